The summed E-state index contributed by atoms with van der Waals surface area (Å²) in [5.74, 6) is 0.827. The summed E-state index contributed by atoms with van der Waals surface area (Å²) < 4.78 is 5.39. The molecule has 0 saturated heterocycles. The van der Waals surface area contributed by atoms with E-state index in [1.165, 1.54) is 6.07 Å². The third-order valence-electron chi connectivity index (χ3n) is 3.67. The number of non-ortho nitro benzene ring substituents is 1. The van der Waals surface area contributed by atoms with Crippen LogP contribution in [-0.2, 0) is 0 Å². The number of benzene rings is 3. The normalized spacial score (nSPS) is 11.0. The molecule has 0 aliphatic rings. The van der Waals surface area contributed by atoms with Gasteiger partial charge in [-0.25, -0.2) is 0 Å². The van der Waals surface area contributed by atoms with Gasteiger partial charge in [-0.3, -0.25) is 10.1 Å². The maximum absolute atomic E-state index is 10.8. The molecular formula is C19H15NO3. The summed E-state index contributed by atoms with van der Waals surface area (Å²) in [4.78, 5) is 10.5. The molecule has 0 saturated carbocycles. The van der Waals surface area contributed by atoms with Crippen LogP contribution >= 0.6 is 0 Å². The Kier molecular flexibility index (Phi) is 4.06. The molecule has 0 bridgehead atoms. The second-order valence-electron chi connectivity index (χ2n) is 5.09. The summed E-state index contributed by atoms with van der Waals surface area (Å²) >= 11 is 0. The fourth-order valence-corrected chi connectivity index (χ4v) is 2.55. The molecule has 0 unspecified atom stereocenters. The molecule has 0 N–H and O–H groups in total. The fourth-order valence-electron chi connectivity index (χ4n) is 2.55. The SMILES string of the molecule is COc1ccc(/C=C\c2cccc([N+](=O)[O-])c2)c2ccccc12. The van der Waals surface area contributed by atoms with Crippen LogP contribution in [-0.4, -0.2) is 12.0 Å². The first-order valence-electron chi connectivity index (χ1n) is 7.17. The van der Waals surface area contributed by atoms with E-state index in [0.717, 1.165) is 27.6 Å². The number of nitro groups is 1. The molecule has 0 fully saturated rings. The van der Waals surface area contributed by atoms with Crippen LogP contribution < -0.4 is 4.74 Å². The van der Waals surface area contributed by atoms with Gasteiger partial charge in [0.2, 0.25) is 0 Å². The number of fused-ring (bicyclic) bond motifs is 1. The van der Waals surface area contributed by atoms with Crippen molar-refractivity contribution in [2.24, 2.45) is 0 Å². The number of nitro benzene ring substituents is 1. The molecule has 0 heterocycles. The molecule has 23 heavy (non-hydrogen) atoms. The Morgan fingerprint density at radius 3 is 2.48 bits per heavy atom. The zero-order valence-corrected chi connectivity index (χ0v) is 12.6. The molecule has 0 amide bonds. The van der Waals surface area contributed by atoms with Crippen molar-refractivity contribution < 1.29 is 9.66 Å². The quantitative estimate of drug-likeness (QED) is 0.390. The van der Waals surface area contributed by atoms with Crippen LogP contribution in [0.5, 0.6) is 5.75 Å². The number of rotatable bonds is 4. The first-order valence-corrected chi connectivity index (χ1v) is 7.17. The van der Waals surface area contributed by atoms with Crippen LogP contribution in [0, 0.1) is 10.1 Å². The summed E-state index contributed by atoms with van der Waals surface area (Å²) in [6.07, 6.45) is 3.84. The van der Waals surface area contributed by atoms with Crippen molar-refractivity contribution in [3.8, 4) is 5.75 Å². The molecule has 114 valence electrons. The van der Waals surface area contributed by atoms with Gasteiger partial charge in [-0.05, 0) is 22.6 Å². The Balaban J connectivity index is 2.02. The molecule has 0 aliphatic heterocycles. The minimum Gasteiger partial charge on any atom is -0.496 e. The average Bonchev–Trinajstić information content (AvgIpc) is 2.59. The molecule has 0 aromatic heterocycles. The molecule has 4 heteroatoms. The van der Waals surface area contributed by atoms with E-state index in [2.05, 4.69) is 0 Å². The molecule has 0 spiro atoms. The van der Waals surface area contributed by atoms with E-state index in [-0.39, 0.29) is 10.6 Å². The summed E-state index contributed by atoms with van der Waals surface area (Å²) in [5.41, 5.74) is 1.92. The lowest BCUT2D eigenvalue weighted by Crippen LogP contribution is -1.88. The van der Waals surface area contributed by atoms with E-state index in [4.69, 9.17) is 4.74 Å². The molecule has 0 aliphatic carbocycles. The van der Waals surface area contributed by atoms with Crippen molar-refractivity contribution >= 4 is 28.6 Å². The highest BCUT2D eigenvalue weighted by molar-refractivity contribution is 5.96. The summed E-state index contributed by atoms with van der Waals surface area (Å²) in [6.45, 7) is 0. The predicted molar refractivity (Wildman–Crippen MR) is 92.5 cm³/mol. The number of hydrogen-bond acceptors (Lipinski definition) is 3. The van der Waals surface area contributed by atoms with E-state index in [1.807, 2.05) is 54.6 Å². The minimum absolute atomic E-state index is 0.0896. The maximum atomic E-state index is 10.8. The third kappa shape index (κ3) is 3.06. The zero-order valence-electron chi connectivity index (χ0n) is 12.6. The number of methoxy groups -OCH3 is 1. The van der Waals surface area contributed by atoms with Gasteiger partial charge in [0.15, 0.2) is 0 Å². The summed E-state index contributed by atoms with van der Waals surface area (Å²) in [5, 5.41) is 13.0. The van der Waals surface area contributed by atoms with Crippen molar-refractivity contribution in [3.63, 3.8) is 0 Å². The van der Waals surface area contributed by atoms with Crippen molar-refractivity contribution in [2.75, 3.05) is 7.11 Å². The first kappa shape index (κ1) is 14.8. The van der Waals surface area contributed by atoms with Crippen LogP contribution in [0.15, 0.2) is 60.7 Å². The lowest BCUT2D eigenvalue weighted by Gasteiger charge is -2.07. The van der Waals surface area contributed by atoms with Crippen LogP contribution in [0.4, 0.5) is 5.69 Å². The van der Waals surface area contributed by atoms with Gasteiger partial charge in [0.05, 0.1) is 12.0 Å². The highest BCUT2D eigenvalue weighted by Gasteiger charge is 2.05. The van der Waals surface area contributed by atoms with Crippen LogP contribution in [0.1, 0.15) is 11.1 Å². The Bertz CT molecular complexity index is 900. The van der Waals surface area contributed by atoms with Crippen molar-refractivity contribution in [1.82, 2.24) is 0 Å². The summed E-state index contributed by atoms with van der Waals surface area (Å²) in [7, 11) is 1.65. The minimum atomic E-state index is -0.389. The smallest absolute Gasteiger partial charge is 0.270 e. The molecule has 3 rings (SSSR count). The van der Waals surface area contributed by atoms with Crippen molar-refractivity contribution in [3.05, 3.63) is 81.9 Å². The Morgan fingerprint density at radius 1 is 0.957 bits per heavy atom. The van der Waals surface area contributed by atoms with Gasteiger partial charge in [0, 0.05) is 17.5 Å². The van der Waals surface area contributed by atoms with Gasteiger partial charge < -0.3 is 4.74 Å². The maximum Gasteiger partial charge on any atom is 0.270 e. The molecular weight excluding hydrogens is 290 g/mol. The van der Waals surface area contributed by atoms with Crippen LogP contribution in [0.25, 0.3) is 22.9 Å². The molecule has 0 radical (unpaired) electrons. The van der Waals surface area contributed by atoms with Crippen LogP contribution in [0.3, 0.4) is 0 Å². The highest BCUT2D eigenvalue weighted by Crippen LogP contribution is 2.29. The highest BCUT2D eigenvalue weighted by atomic mass is 16.6. The number of ether oxygens (including phenoxy) is 1. The predicted octanol–water partition coefficient (Wildman–Crippen LogP) is 4.93. The van der Waals surface area contributed by atoms with Gasteiger partial charge in [0.25, 0.3) is 5.69 Å². The lowest BCUT2D eigenvalue weighted by atomic mass is 10.0. The van der Waals surface area contributed by atoms with Gasteiger partial charge in [-0.15, -0.1) is 0 Å². The average molecular weight is 305 g/mol. The number of nitrogens with zero attached hydrogens (tertiary/aromatic N) is 1. The van der Waals surface area contributed by atoms with Gasteiger partial charge >= 0.3 is 0 Å². The second-order valence-corrected chi connectivity index (χ2v) is 5.09. The fraction of sp³-hybridized carbons (Fsp3) is 0.0526. The standard InChI is InChI=1S/C19H15NO3/c1-23-19-12-11-15(17-7-2-3-8-18(17)19)10-9-14-5-4-6-16(13-14)20(21)22/h2-13H,1H3/b10-9-. The van der Waals surface area contributed by atoms with Gasteiger partial charge in [-0.2, -0.15) is 0 Å². The molecule has 3 aromatic carbocycles. The van der Waals surface area contributed by atoms with Crippen LogP contribution in [0.2, 0.25) is 0 Å². The van der Waals surface area contributed by atoms with Crippen molar-refractivity contribution in [2.45, 2.75) is 0 Å². The molecule has 4 nitrogen and oxygen atoms in total. The Hall–Kier alpha value is -3.14. The summed E-state index contributed by atoms with van der Waals surface area (Å²) in [6, 6.07) is 18.5. The number of hydrogen-bond donors (Lipinski definition) is 0. The van der Waals surface area contributed by atoms with E-state index in [1.54, 1.807) is 19.2 Å². The Morgan fingerprint density at radius 2 is 1.74 bits per heavy atom. The third-order valence-corrected chi connectivity index (χ3v) is 3.67. The largest absolute Gasteiger partial charge is 0.496 e. The second kappa shape index (κ2) is 6.32. The molecule has 0 atom stereocenters. The first-order chi connectivity index (χ1) is 11.2. The van der Waals surface area contributed by atoms with E-state index in [9.17, 15) is 10.1 Å². The lowest BCUT2D eigenvalue weighted by molar-refractivity contribution is -0.384. The van der Waals surface area contributed by atoms with Gasteiger partial charge in [0.1, 0.15) is 5.75 Å². The van der Waals surface area contributed by atoms with E-state index >= 15 is 0 Å². The van der Waals surface area contributed by atoms with Gasteiger partial charge in [-0.1, -0.05) is 54.6 Å². The zero-order chi connectivity index (χ0) is 16.2. The van der Waals surface area contributed by atoms with E-state index in [0.29, 0.717) is 0 Å². The monoisotopic (exact) mass is 305 g/mol. The van der Waals surface area contributed by atoms with E-state index < -0.39 is 0 Å². The topological polar surface area (TPSA) is 52.4 Å². The van der Waals surface area contributed by atoms with Crippen molar-refractivity contribution in [1.29, 1.82) is 0 Å². The molecule has 3 aromatic rings. The Labute approximate surface area is 133 Å².